The van der Waals surface area contributed by atoms with Gasteiger partial charge in [0.25, 0.3) is 0 Å². The van der Waals surface area contributed by atoms with E-state index in [0.717, 1.165) is 24.9 Å². The molecule has 1 fully saturated rings. The van der Waals surface area contributed by atoms with E-state index in [-0.39, 0.29) is 12.1 Å². The summed E-state index contributed by atoms with van der Waals surface area (Å²) in [6.07, 6.45) is 1.59. The molecule has 0 bridgehead atoms. The maximum absolute atomic E-state index is 11.5. The van der Waals surface area contributed by atoms with Crippen LogP contribution in [0.4, 0.5) is 0 Å². The van der Waals surface area contributed by atoms with Crippen LogP contribution in [0.3, 0.4) is 0 Å². The fraction of sp³-hybridized carbons (Fsp3) is 0.571. The van der Waals surface area contributed by atoms with Gasteiger partial charge in [-0.05, 0) is 32.0 Å². The molecule has 1 aromatic rings. The molecule has 1 aromatic carbocycles. The summed E-state index contributed by atoms with van der Waals surface area (Å²) in [5.74, 6) is 0.622. The molecule has 0 aromatic heterocycles. The Morgan fingerprint density at radius 1 is 1.37 bits per heavy atom. The lowest BCUT2D eigenvalue weighted by Crippen LogP contribution is -2.34. The normalized spacial score (nSPS) is 23.6. The van der Waals surface area contributed by atoms with E-state index in [0.29, 0.717) is 11.5 Å². The Labute approximate surface area is 115 Å². The highest BCUT2D eigenvalue weighted by Gasteiger charge is 2.30. The van der Waals surface area contributed by atoms with E-state index in [1.807, 2.05) is 37.4 Å². The fourth-order valence-electron chi connectivity index (χ4n) is 2.52. The topological polar surface area (TPSA) is 63.4 Å². The lowest BCUT2D eigenvalue weighted by Gasteiger charge is -2.24. The molecule has 1 aliphatic rings. The summed E-state index contributed by atoms with van der Waals surface area (Å²) >= 11 is 0. The van der Waals surface area contributed by atoms with Crippen molar-refractivity contribution in [2.45, 2.75) is 24.9 Å². The first-order valence-electron chi connectivity index (χ1n) is 6.69. The highest BCUT2D eigenvalue weighted by atomic mass is 32.2. The molecule has 0 radical (unpaired) electrons. The van der Waals surface area contributed by atoms with E-state index >= 15 is 0 Å². The van der Waals surface area contributed by atoms with Gasteiger partial charge in [0.15, 0.2) is 9.84 Å². The first-order valence-corrected chi connectivity index (χ1v) is 8.51. The lowest BCUT2D eigenvalue weighted by atomic mass is 10.0. The third kappa shape index (κ3) is 4.03. The van der Waals surface area contributed by atoms with Crippen molar-refractivity contribution in [2.24, 2.45) is 5.73 Å². The minimum atomic E-state index is -2.80. The fourth-order valence-corrected chi connectivity index (χ4v) is 4.32. The summed E-state index contributed by atoms with van der Waals surface area (Å²) in [5, 5.41) is 0. The summed E-state index contributed by atoms with van der Waals surface area (Å²) in [4.78, 5) is 2.13. The zero-order valence-electron chi connectivity index (χ0n) is 11.3. The van der Waals surface area contributed by atoms with Crippen molar-refractivity contribution in [3.05, 3.63) is 35.9 Å². The predicted octanol–water partition coefficient (Wildman–Crippen LogP) is 1.20. The Morgan fingerprint density at radius 3 is 2.63 bits per heavy atom. The van der Waals surface area contributed by atoms with Crippen LogP contribution >= 0.6 is 0 Å². The lowest BCUT2D eigenvalue weighted by molar-refractivity contribution is 0.252. The van der Waals surface area contributed by atoms with Gasteiger partial charge in [0.1, 0.15) is 0 Å². The molecule has 4 nitrogen and oxygen atoms in total. The summed E-state index contributed by atoms with van der Waals surface area (Å²) in [6, 6.07) is 10.2. The van der Waals surface area contributed by atoms with Crippen molar-refractivity contribution >= 4 is 9.84 Å². The van der Waals surface area contributed by atoms with Crippen LogP contribution in [0, 0.1) is 0 Å². The van der Waals surface area contributed by atoms with Crippen LogP contribution in [-0.4, -0.2) is 44.5 Å². The molecule has 106 valence electrons. The smallest absolute Gasteiger partial charge is 0.151 e. The SMILES string of the molecule is CN(CCC(N)c1ccccc1)C1CCS(=O)(=O)C1. The largest absolute Gasteiger partial charge is 0.324 e. The maximum atomic E-state index is 11.5. The van der Waals surface area contributed by atoms with Gasteiger partial charge in [-0.15, -0.1) is 0 Å². The average molecular weight is 282 g/mol. The zero-order valence-corrected chi connectivity index (χ0v) is 12.1. The molecule has 2 rings (SSSR count). The highest BCUT2D eigenvalue weighted by molar-refractivity contribution is 7.91. The molecule has 1 heterocycles. The molecule has 0 saturated carbocycles. The predicted molar refractivity (Wildman–Crippen MR) is 77.7 cm³/mol. The van der Waals surface area contributed by atoms with Crippen LogP contribution < -0.4 is 5.73 Å². The van der Waals surface area contributed by atoms with Gasteiger partial charge in [-0.1, -0.05) is 30.3 Å². The Hall–Kier alpha value is -0.910. The molecule has 19 heavy (non-hydrogen) atoms. The zero-order chi connectivity index (χ0) is 13.9. The van der Waals surface area contributed by atoms with Crippen molar-refractivity contribution in [1.82, 2.24) is 4.90 Å². The quantitative estimate of drug-likeness (QED) is 0.881. The molecule has 5 heteroatoms. The van der Waals surface area contributed by atoms with E-state index in [1.54, 1.807) is 0 Å². The number of hydrogen-bond acceptors (Lipinski definition) is 4. The van der Waals surface area contributed by atoms with Crippen LogP contribution in [0.5, 0.6) is 0 Å². The second kappa shape index (κ2) is 6.03. The summed E-state index contributed by atoms with van der Waals surface area (Å²) in [6.45, 7) is 0.830. The highest BCUT2D eigenvalue weighted by Crippen LogP contribution is 2.19. The van der Waals surface area contributed by atoms with Crippen molar-refractivity contribution in [1.29, 1.82) is 0 Å². The first-order chi connectivity index (χ1) is 8.98. The van der Waals surface area contributed by atoms with Gasteiger partial charge in [-0.3, -0.25) is 0 Å². The third-order valence-corrected chi connectivity index (χ3v) is 5.60. The summed E-state index contributed by atoms with van der Waals surface area (Å²) in [7, 11) is -0.815. The number of sulfone groups is 1. The van der Waals surface area contributed by atoms with Gasteiger partial charge >= 0.3 is 0 Å². The van der Waals surface area contributed by atoms with Crippen LogP contribution in [-0.2, 0) is 9.84 Å². The van der Waals surface area contributed by atoms with Gasteiger partial charge in [-0.2, -0.15) is 0 Å². The van der Waals surface area contributed by atoms with Crippen molar-refractivity contribution in [2.75, 3.05) is 25.1 Å². The summed E-state index contributed by atoms with van der Waals surface area (Å²) < 4.78 is 22.9. The van der Waals surface area contributed by atoms with Crippen molar-refractivity contribution in [3.63, 3.8) is 0 Å². The minimum absolute atomic E-state index is 0.0154. The maximum Gasteiger partial charge on any atom is 0.151 e. The van der Waals surface area contributed by atoms with Gasteiger partial charge in [0, 0.05) is 12.1 Å². The standard InChI is InChI=1S/C14H22N2O2S/c1-16(13-8-10-19(17,18)11-13)9-7-14(15)12-5-3-2-4-6-12/h2-6,13-14H,7-11,15H2,1H3. The van der Waals surface area contributed by atoms with E-state index in [1.165, 1.54) is 0 Å². The Balaban J connectivity index is 1.82. The number of nitrogens with two attached hydrogens (primary N) is 1. The molecule has 2 N–H and O–H groups in total. The number of rotatable bonds is 5. The molecule has 1 saturated heterocycles. The Bertz CT molecular complexity index is 501. The van der Waals surface area contributed by atoms with Gasteiger partial charge in [0.2, 0.25) is 0 Å². The molecular formula is C14H22N2O2S. The molecule has 1 aliphatic heterocycles. The van der Waals surface area contributed by atoms with Crippen LogP contribution in [0.2, 0.25) is 0 Å². The van der Waals surface area contributed by atoms with Crippen LogP contribution in [0.25, 0.3) is 0 Å². The molecule has 0 aliphatic carbocycles. The Kier molecular flexibility index (Phi) is 4.60. The van der Waals surface area contributed by atoms with E-state index < -0.39 is 9.84 Å². The monoisotopic (exact) mass is 282 g/mol. The van der Waals surface area contributed by atoms with E-state index in [2.05, 4.69) is 4.90 Å². The molecule has 0 amide bonds. The summed E-state index contributed by atoms with van der Waals surface area (Å²) in [5.41, 5.74) is 7.28. The molecule has 2 unspecified atom stereocenters. The van der Waals surface area contributed by atoms with Gasteiger partial charge < -0.3 is 10.6 Å². The second-order valence-electron chi connectivity index (χ2n) is 5.34. The Morgan fingerprint density at radius 2 is 2.05 bits per heavy atom. The van der Waals surface area contributed by atoms with Crippen molar-refractivity contribution < 1.29 is 8.42 Å². The average Bonchev–Trinajstić information content (AvgIpc) is 2.77. The second-order valence-corrected chi connectivity index (χ2v) is 7.57. The first kappa shape index (κ1) is 14.5. The third-order valence-electron chi connectivity index (χ3n) is 3.85. The van der Waals surface area contributed by atoms with E-state index in [4.69, 9.17) is 5.73 Å². The van der Waals surface area contributed by atoms with Crippen LogP contribution in [0.15, 0.2) is 30.3 Å². The van der Waals surface area contributed by atoms with Crippen molar-refractivity contribution in [3.8, 4) is 0 Å². The van der Waals surface area contributed by atoms with Crippen LogP contribution in [0.1, 0.15) is 24.4 Å². The number of nitrogens with zero attached hydrogens (tertiary/aromatic N) is 1. The molecular weight excluding hydrogens is 260 g/mol. The van der Waals surface area contributed by atoms with Gasteiger partial charge in [0.05, 0.1) is 11.5 Å². The number of benzene rings is 1. The minimum Gasteiger partial charge on any atom is -0.324 e. The van der Waals surface area contributed by atoms with Gasteiger partial charge in [-0.25, -0.2) is 8.42 Å². The number of hydrogen-bond donors (Lipinski definition) is 1. The molecule has 2 atom stereocenters. The molecule has 0 spiro atoms. The van der Waals surface area contributed by atoms with E-state index in [9.17, 15) is 8.42 Å².